The highest BCUT2D eigenvalue weighted by Crippen LogP contribution is 2.30. The Kier molecular flexibility index (Phi) is 5.03. The van der Waals surface area contributed by atoms with Gasteiger partial charge < -0.3 is 9.47 Å². The van der Waals surface area contributed by atoms with Crippen molar-refractivity contribution in [3.05, 3.63) is 21.0 Å². The third-order valence-electron chi connectivity index (χ3n) is 1.89. The lowest BCUT2D eigenvalue weighted by Gasteiger charge is -2.12. The van der Waals surface area contributed by atoms with E-state index in [-0.39, 0.29) is 17.9 Å². The van der Waals surface area contributed by atoms with Gasteiger partial charge in [-0.1, -0.05) is 0 Å². The standard InChI is InChI=1S/C10H10F2INO3/c1-3-17-10(15)7-5(16-2)4-6(13)14-8(7)9(11)12/h4,9H,3H2,1-2H3. The Balaban J connectivity index is 3.36. The molecule has 0 aliphatic rings. The summed E-state index contributed by atoms with van der Waals surface area (Å²) in [5, 5.41) is 0. The van der Waals surface area contributed by atoms with Crippen LogP contribution in [0.2, 0.25) is 0 Å². The van der Waals surface area contributed by atoms with Crippen molar-refractivity contribution in [1.29, 1.82) is 0 Å². The van der Waals surface area contributed by atoms with Gasteiger partial charge >= 0.3 is 5.97 Å². The van der Waals surface area contributed by atoms with Gasteiger partial charge in [-0.05, 0) is 29.5 Å². The largest absolute Gasteiger partial charge is 0.496 e. The van der Waals surface area contributed by atoms with Crippen molar-refractivity contribution in [2.45, 2.75) is 13.3 Å². The third-order valence-corrected chi connectivity index (χ3v) is 2.44. The van der Waals surface area contributed by atoms with E-state index in [4.69, 9.17) is 9.47 Å². The van der Waals surface area contributed by atoms with Crippen LogP contribution in [-0.4, -0.2) is 24.7 Å². The fourth-order valence-electron chi connectivity index (χ4n) is 1.24. The Morgan fingerprint density at radius 2 is 2.24 bits per heavy atom. The minimum absolute atomic E-state index is 0.0400. The molecule has 0 amide bonds. The molecule has 0 bridgehead atoms. The quantitative estimate of drug-likeness (QED) is 0.473. The molecule has 1 aromatic rings. The molecule has 7 heteroatoms. The van der Waals surface area contributed by atoms with Crippen molar-refractivity contribution in [2.75, 3.05) is 13.7 Å². The van der Waals surface area contributed by atoms with Crippen LogP contribution in [0, 0.1) is 3.70 Å². The molecule has 0 aliphatic carbocycles. The number of hydrogen-bond acceptors (Lipinski definition) is 4. The first-order valence-corrected chi connectivity index (χ1v) is 5.78. The summed E-state index contributed by atoms with van der Waals surface area (Å²) in [5.74, 6) is -0.818. The molecule has 1 heterocycles. The fourth-order valence-corrected chi connectivity index (χ4v) is 1.78. The number of nitrogens with zero attached hydrogens (tertiary/aromatic N) is 1. The molecule has 17 heavy (non-hydrogen) atoms. The lowest BCUT2D eigenvalue weighted by molar-refractivity contribution is 0.0509. The number of rotatable bonds is 4. The molecule has 0 atom stereocenters. The van der Waals surface area contributed by atoms with E-state index < -0.39 is 18.1 Å². The second-order valence-corrected chi connectivity index (χ2v) is 4.03. The molecule has 0 N–H and O–H groups in total. The minimum atomic E-state index is -2.86. The highest BCUT2D eigenvalue weighted by molar-refractivity contribution is 14.1. The summed E-state index contributed by atoms with van der Waals surface area (Å²) in [4.78, 5) is 15.2. The zero-order valence-electron chi connectivity index (χ0n) is 9.17. The minimum Gasteiger partial charge on any atom is -0.496 e. The van der Waals surface area contributed by atoms with Crippen LogP contribution in [0.1, 0.15) is 29.4 Å². The number of aromatic nitrogens is 1. The number of methoxy groups -OCH3 is 1. The van der Waals surface area contributed by atoms with E-state index in [1.807, 2.05) is 0 Å². The summed E-state index contributed by atoms with van der Waals surface area (Å²) < 4.78 is 35.5. The van der Waals surface area contributed by atoms with Crippen molar-refractivity contribution in [3.63, 3.8) is 0 Å². The Morgan fingerprint density at radius 3 is 2.71 bits per heavy atom. The molecule has 4 nitrogen and oxygen atoms in total. The van der Waals surface area contributed by atoms with Gasteiger partial charge in [-0.2, -0.15) is 0 Å². The predicted molar refractivity (Wildman–Crippen MR) is 64.4 cm³/mol. The summed E-state index contributed by atoms with van der Waals surface area (Å²) in [5.41, 5.74) is -0.933. The van der Waals surface area contributed by atoms with E-state index in [2.05, 4.69) is 4.98 Å². The summed E-state index contributed by atoms with van der Waals surface area (Å²) >= 11 is 1.77. The second-order valence-electron chi connectivity index (χ2n) is 2.93. The molecular formula is C10H10F2INO3. The van der Waals surface area contributed by atoms with Crippen LogP contribution in [0.25, 0.3) is 0 Å². The van der Waals surface area contributed by atoms with Crippen LogP contribution in [0.15, 0.2) is 6.07 Å². The molecule has 0 spiro atoms. The Labute approximate surface area is 110 Å². The number of pyridine rings is 1. The van der Waals surface area contributed by atoms with Crippen LogP contribution < -0.4 is 4.74 Å². The number of halogens is 3. The second kappa shape index (κ2) is 6.08. The van der Waals surface area contributed by atoms with Gasteiger partial charge in [-0.15, -0.1) is 0 Å². The van der Waals surface area contributed by atoms with Gasteiger partial charge in [0.1, 0.15) is 20.7 Å². The molecule has 0 saturated heterocycles. The van der Waals surface area contributed by atoms with Gasteiger partial charge in [0.15, 0.2) is 0 Å². The average molecular weight is 357 g/mol. The maximum Gasteiger partial charge on any atom is 0.344 e. The molecular weight excluding hydrogens is 347 g/mol. The zero-order chi connectivity index (χ0) is 13.0. The van der Waals surface area contributed by atoms with E-state index in [0.29, 0.717) is 3.70 Å². The number of ether oxygens (including phenoxy) is 2. The molecule has 94 valence electrons. The highest BCUT2D eigenvalue weighted by Gasteiger charge is 2.26. The van der Waals surface area contributed by atoms with Gasteiger partial charge in [0.05, 0.1) is 13.7 Å². The summed E-state index contributed by atoms with van der Waals surface area (Å²) in [7, 11) is 1.30. The Morgan fingerprint density at radius 1 is 1.59 bits per heavy atom. The number of alkyl halides is 2. The third kappa shape index (κ3) is 3.24. The zero-order valence-corrected chi connectivity index (χ0v) is 11.3. The molecule has 0 fully saturated rings. The molecule has 1 rings (SSSR count). The monoisotopic (exact) mass is 357 g/mol. The van der Waals surface area contributed by atoms with Crippen molar-refractivity contribution >= 4 is 28.6 Å². The maximum atomic E-state index is 12.8. The fraction of sp³-hybridized carbons (Fsp3) is 0.400. The normalized spacial score (nSPS) is 10.5. The van der Waals surface area contributed by atoms with E-state index >= 15 is 0 Å². The molecule has 1 aromatic heterocycles. The molecule has 0 aliphatic heterocycles. The number of carbonyl (C=O) groups is 1. The van der Waals surface area contributed by atoms with Gasteiger partial charge in [0, 0.05) is 6.07 Å². The van der Waals surface area contributed by atoms with E-state index in [1.54, 1.807) is 29.5 Å². The lowest BCUT2D eigenvalue weighted by Crippen LogP contribution is -2.13. The topological polar surface area (TPSA) is 48.4 Å². The smallest absolute Gasteiger partial charge is 0.344 e. The highest BCUT2D eigenvalue weighted by atomic mass is 127. The number of hydrogen-bond donors (Lipinski definition) is 0. The van der Waals surface area contributed by atoms with Gasteiger partial charge in [0.2, 0.25) is 0 Å². The molecule has 0 radical (unpaired) electrons. The van der Waals surface area contributed by atoms with Crippen molar-refractivity contribution < 1.29 is 23.0 Å². The van der Waals surface area contributed by atoms with E-state index in [1.165, 1.54) is 13.2 Å². The Bertz CT molecular complexity index is 426. The molecule has 0 saturated carbocycles. The van der Waals surface area contributed by atoms with Crippen molar-refractivity contribution in [2.24, 2.45) is 0 Å². The Hall–Kier alpha value is -0.990. The van der Waals surface area contributed by atoms with Gasteiger partial charge in [-0.25, -0.2) is 18.6 Å². The predicted octanol–water partition coefficient (Wildman–Crippen LogP) is 2.81. The molecule has 0 aromatic carbocycles. The van der Waals surface area contributed by atoms with Crippen molar-refractivity contribution in [3.8, 4) is 5.75 Å². The average Bonchev–Trinajstić information content (AvgIpc) is 2.27. The first-order valence-electron chi connectivity index (χ1n) is 4.71. The summed E-state index contributed by atoms with van der Waals surface area (Å²) in [6.45, 7) is 1.68. The molecule has 0 unspecified atom stereocenters. The van der Waals surface area contributed by atoms with Crippen LogP contribution in [0.4, 0.5) is 8.78 Å². The summed E-state index contributed by atoms with van der Waals surface area (Å²) in [6, 6.07) is 1.40. The van der Waals surface area contributed by atoms with Crippen LogP contribution in [-0.2, 0) is 4.74 Å². The van der Waals surface area contributed by atoms with Crippen LogP contribution in [0.3, 0.4) is 0 Å². The van der Waals surface area contributed by atoms with Gasteiger partial charge in [-0.3, -0.25) is 0 Å². The van der Waals surface area contributed by atoms with E-state index in [9.17, 15) is 13.6 Å². The van der Waals surface area contributed by atoms with E-state index in [0.717, 1.165) is 0 Å². The maximum absolute atomic E-state index is 12.8. The first-order chi connectivity index (χ1) is 8.01. The van der Waals surface area contributed by atoms with Crippen LogP contribution in [0.5, 0.6) is 5.75 Å². The van der Waals surface area contributed by atoms with Crippen LogP contribution >= 0.6 is 22.6 Å². The first kappa shape index (κ1) is 14.1. The summed E-state index contributed by atoms with van der Waals surface area (Å²) in [6.07, 6.45) is -2.86. The van der Waals surface area contributed by atoms with Gasteiger partial charge in [0.25, 0.3) is 6.43 Å². The number of carbonyl (C=O) groups excluding carboxylic acids is 1. The van der Waals surface area contributed by atoms with Crippen molar-refractivity contribution in [1.82, 2.24) is 4.98 Å². The number of esters is 1. The SMILES string of the molecule is CCOC(=O)c1c(OC)cc(I)nc1C(F)F. The lowest BCUT2D eigenvalue weighted by atomic mass is 10.2.